The number of benzene rings is 4. The summed E-state index contributed by atoms with van der Waals surface area (Å²) in [4.78, 5) is 7.65. The summed E-state index contributed by atoms with van der Waals surface area (Å²) in [6.07, 6.45) is 3.15. The molecule has 0 amide bonds. The molecule has 1 heterocycles. The van der Waals surface area contributed by atoms with E-state index in [0.717, 1.165) is 57.5 Å². The number of unbranched alkanes of at least 4 members (excludes halogenated alkanes) is 1. The maximum Gasteiger partial charge on any atom is 0.130 e. The fourth-order valence-electron chi connectivity index (χ4n) is 6.21. The number of anilines is 1. The Kier molecular flexibility index (Phi) is 10.1. The van der Waals surface area contributed by atoms with Gasteiger partial charge < -0.3 is 16.8 Å². The third-order valence-corrected chi connectivity index (χ3v) is 9.43. The molecule has 0 saturated carbocycles. The summed E-state index contributed by atoms with van der Waals surface area (Å²) in [6, 6.07) is 34.5. The summed E-state index contributed by atoms with van der Waals surface area (Å²) in [5.41, 5.74) is 18.7. The molecule has 0 aliphatic rings. The molecule has 0 spiro atoms. The normalized spacial score (nSPS) is 13.9. The maximum atomic E-state index is 7.94. The van der Waals surface area contributed by atoms with E-state index in [1.54, 1.807) is 0 Å². The van der Waals surface area contributed by atoms with Gasteiger partial charge in [0.05, 0.1) is 15.6 Å². The predicted octanol–water partition coefficient (Wildman–Crippen LogP) is 7.76. The Balaban J connectivity index is 1.78. The second-order valence-corrected chi connectivity index (χ2v) is 11.8. The molecule has 0 aliphatic heterocycles. The van der Waals surface area contributed by atoms with Crippen molar-refractivity contribution in [2.45, 2.75) is 44.2 Å². The smallest absolute Gasteiger partial charge is 0.130 e. The molecule has 218 valence electrons. The lowest BCUT2D eigenvalue weighted by Gasteiger charge is -2.41. The average Bonchev–Trinajstić information content (AvgIpc) is 3.04. The van der Waals surface area contributed by atoms with Gasteiger partial charge in [-0.3, -0.25) is 4.90 Å². The first-order valence-electron chi connectivity index (χ1n) is 14.9. The van der Waals surface area contributed by atoms with Crippen molar-refractivity contribution in [3.8, 4) is 0 Å². The Bertz CT molecular complexity index is 1620. The number of aromatic nitrogens is 1. The summed E-state index contributed by atoms with van der Waals surface area (Å²) >= 11 is 2.49. The van der Waals surface area contributed by atoms with Crippen LogP contribution < -0.4 is 16.8 Å². The Hall–Kier alpha value is -3.04. The van der Waals surface area contributed by atoms with Crippen LogP contribution in [0.15, 0.2) is 97.1 Å². The number of nitrogens with two attached hydrogens (primary N) is 2. The third-order valence-electron chi connectivity index (χ3n) is 8.47. The molecular weight excluding hydrogens is 629 g/mol. The number of halogens is 1. The van der Waals surface area contributed by atoms with Crippen molar-refractivity contribution in [2.24, 2.45) is 11.5 Å². The standard InChI is InChI=1S/C36H42IN5/c1-3-4-20-42(25-37)21-19-36(39,32-16-10-14-27-11-8-9-15-30(27)32)34(28-12-6-5-7-13-28)31-23-29-22-26(24-38)17-18-33(29)41-35(31)40-2/h5-18,22-23,34H,3-4,19-21,24-25,38-39H2,1-2H3,(H,40,41). The lowest BCUT2D eigenvalue weighted by Crippen LogP contribution is -2.46. The van der Waals surface area contributed by atoms with Crippen molar-refractivity contribution in [3.63, 3.8) is 0 Å². The third kappa shape index (κ3) is 6.32. The van der Waals surface area contributed by atoms with Gasteiger partial charge in [-0.05, 0) is 65.0 Å². The van der Waals surface area contributed by atoms with E-state index in [4.69, 9.17) is 16.5 Å². The maximum absolute atomic E-state index is 7.94. The molecule has 0 saturated heterocycles. The van der Waals surface area contributed by atoms with Gasteiger partial charge in [-0.15, -0.1) is 0 Å². The van der Waals surface area contributed by atoms with E-state index in [0.29, 0.717) is 6.54 Å². The molecule has 0 aliphatic carbocycles. The highest BCUT2D eigenvalue weighted by molar-refractivity contribution is 14.1. The molecule has 0 radical (unpaired) electrons. The van der Waals surface area contributed by atoms with E-state index in [2.05, 4.69) is 137 Å². The van der Waals surface area contributed by atoms with E-state index in [1.165, 1.54) is 29.2 Å². The van der Waals surface area contributed by atoms with E-state index in [-0.39, 0.29) is 5.92 Å². The number of hydrogen-bond acceptors (Lipinski definition) is 5. The van der Waals surface area contributed by atoms with Crippen molar-refractivity contribution in [2.75, 3.05) is 30.0 Å². The van der Waals surface area contributed by atoms with Crippen LogP contribution in [0.1, 0.15) is 54.4 Å². The van der Waals surface area contributed by atoms with Crippen LogP contribution >= 0.6 is 22.6 Å². The van der Waals surface area contributed by atoms with Gasteiger partial charge in [0, 0.05) is 37.0 Å². The van der Waals surface area contributed by atoms with Gasteiger partial charge in [0.2, 0.25) is 0 Å². The number of pyridine rings is 1. The van der Waals surface area contributed by atoms with Crippen molar-refractivity contribution < 1.29 is 0 Å². The Morgan fingerprint density at radius 3 is 2.40 bits per heavy atom. The topological polar surface area (TPSA) is 80.2 Å². The zero-order valence-corrected chi connectivity index (χ0v) is 26.8. The fourth-order valence-corrected chi connectivity index (χ4v) is 6.89. The first kappa shape index (κ1) is 30.4. The molecule has 0 bridgehead atoms. The SMILES string of the molecule is CCCCN(CI)CCC(N)(c1cccc2ccccc12)C(c1ccccc1)c1cc2cc(CN)ccc2nc1NC. The fraction of sp³-hybridized carbons (Fsp3) is 0.306. The molecule has 4 aromatic carbocycles. The van der Waals surface area contributed by atoms with Crippen molar-refractivity contribution in [3.05, 3.63) is 119 Å². The lowest BCUT2D eigenvalue weighted by molar-refractivity contribution is 0.259. The van der Waals surface area contributed by atoms with Crippen LogP contribution in [0.25, 0.3) is 21.7 Å². The first-order valence-corrected chi connectivity index (χ1v) is 16.5. The average molecular weight is 672 g/mol. The van der Waals surface area contributed by atoms with Crippen molar-refractivity contribution in [1.82, 2.24) is 9.88 Å². The minimum atomic E-state index is -0.731. The molecule has 5 rings (SSSR count). The molecule has 42 heavy (non-hydrogen) atoms. The molecule has 5 nitrogen and oxygen atoms in total. The molecule has 1 aromatic heterocycles. The van der Waals surface area contributed by atoms with Gasteiger partial charge in [0.15, 0.2) is 0 Å². The number of nitrogens with zero attached hydrogens (tertiary/aromatic N) is 2. The number of rotatable bonds is 13. The van der Waals surface area contributed by atoms with Crippen LogP contribution in [0.4, 0.5) is 5.82 Å². The minimum Gasteiger partial charge on any atom is -0.373 e. The highest BCUT2D eigenvalue weighted by atomic mass is 127. The summed E-state index contributed by atoms with van der Waals surface area (Å²) < 4.78 is 0.973. The van der Waals surface area contributed by atoms with E-state index in [9.17, 15) is 0 Å². The Morgan fingerprint density at radius 2 is 1.67 bits per heavy atom. The van der Waals surface area contributed by atoms with E-state index < -0.39 is 5.54 Å². The quantitative estimate of drug-likeness (QED) is 0.0678. The lowest BCUT2D eigenvalue weighted by atomic mass is 9.68. The summed E-state index contributed by atoms with van der Waals surface area (Å²) in [7, 11) is 1.95. The molecule has 5 N–H and O–H groups in total. The van der Waals surface area contributed by atoms with Gasteiger partial charge in [-0.1, -0.05) is 115 Å². The van der Waals surface area contributed by atoms with Gasteiger partial charge in [0.1, 0.15) is 5.82 Å². The van der Waals surface area contributed by atoms with Crippen LogP contribution in [0, 0.1) is 0 Å². The number of fused-ring (bicyclic) bond motifs is 2. The van der Waals surface area contributed by atoms with Gasteiger partial charge in [-0.25, -0.2) is 4.98 Å². The van der Waals surface area contributed by atoms with E-state index in [1.807, 2.05) is 7.05 Å². The van der Waals surface area contributed by atoms with Crippen LogP contribution in [0.2, 0.25) is 0 Å². The number of alkyl halides is 1. The molecule has 2 atom stereocenters. The second-order valence-electron chi connectivity index (χ2n) is 11.2. The highest BCUT2D eigenvalue weighted by Gasteiger charge is 2.41. The number of hydrogen-bond donors (Lipinski definition) is 3. The Labute approximate surface area is 263 Å². The molecule has 0 fully saturated rings. The van der Waals surface area contributed by atoms with Gasteiger partial charge in [-0.2, -0.15) is 0 Å². The zero-order valence-electron chi connectivity index (χ0n) is 24.7. The molecular formula is C36H42IN5. The van der Waals surface area contributed by atoms with Crippen LogP contribution in [-0.4, -0.2) is 34.6 Å². The molecule has 5 aromatic rings. The number of nitrogens with one attached hydrogen (secondary N) is 1. The summed E-state index contributed by atoms with van der Waals surface area (Å²) in [5.74, 6) is 0.691. The highest BCUT2D eigenvalue weighted by Crippen LogP contribution is 2.47. The van der Waals surface area contributed by atoms with Crippen molar-refractivity contribution >= 4 is 50.1 Å². The second kappa shape index (κ2) is 14.0. The zero-order chi connectivity index (χ0) is 29.5. The first-order chi connectivity index (χ1) is 20.5. The monoisotopic (exact) mass is 671 g/mol. The van der Waals surface area contributed by atoms with Crippen LogP contribution in [0.3, 0.4) is 0 Å². The summed E-state index contributed by atoms with van der Waals surface area (Å²) in [6.45, 7) is 4.71. The van der Waals surface area contributed by atoms with E-state index >= 15 is 0 Å². The van der Waals surface area contributed by atoms with Crippen molar-refractivity contribution in [1.29, 1.82) is 0 Å². The summed E-state index contributed by atoms with van der Waals surface area (Å²) in [5, 5.41) is 6.90. The van der Waals surface area contributed by atoms with Gasteiger partial charge in [0.25, 0.3) is 0 Å². The predicted molar refractivity (Wildman–Crippen MR) is 187 cm³/mol. The van der Waals surface area contributed by atoms with Gasteiger partial charge >= 0.3 is 0 Å². The van der Waals surface area contributed by atoms with Crippen LogP contribution in [0.5, 0.6) is 0 Å². The minimum absolute atomic E-state index is 0.160. The van der Waals surface area contributed by atoms with Crippen LogP contribution in [-0.2, 0) is 12.1 Å². The molecule has 2 unspecified atom stereocenters. The Morgan fingerprint density at radius 1 is 0.905 bits per heavy atom. The largest absolute Gasteiger partial charge is 0.373 e. The molecule has 6 heteroatoms.